The van der Waals surface area contributed by atoms with Gasteiger partial charge < -0.3 is 16.4 Å². The van der Waals surface area contributed by atoms with E-state index in [0.717, 1.165) is 43.7 Å². The van der Waals surface area contributed by atoms with Gasteiger partial charge in [0, 0.05) is 30.1 Å². The van der Waals surface area contributed by atoms with E-state index in [-0.39, 0.29) is 0 Å². The van der Waals surface area contributed by atoms with Gasteiger partial charge in [-0.2, -0.15) is 4.98 Å². The Labute approximate surface area is 143 Å². The minimum Gasteiger partial charge on any atom is -0.368 e. The zero-order chi connectivity index (χ0) is 16.5. The maximum atomic E-state index is 6.05. The molecule has 1 aliphatic carbocycles. The lowest BCUT2D eigenvalue weighted by Gasteiger charge is -2.27. The van der Waals surface area contributed by atoms with E-state index in [1.807, 2.05) is 0 Å². The Hall–Kier alpha value is -2.14. The molecule has 2 aromatic rings. The summed E-state index contributed by atoms with van der Waals surface area (Å²) in [5, 5.41) is 7.10. The van der Waals surface area contributed by atoms with Crippen LogP contribution in [-0.2, 0) is 6.42 Å². The quantitative estimate of drug-likeness (QED) is 0.810. The van der Waals surface area contributed by atoms with Crippen molar-refractivity contribution in [2.75, 3.05) is 17.6 Å². The number of aromatic nitrogens is 2. The van der Waals surface area contributed by atoms with Crippen LogP contribution in [0.4, 0.5) is 11.8 Å². The minimum atomic E-state index is 0.321. The van der Waals surface area contributed by atoms with E-state index in [4.69, 9.17) is 5.73 Å². The Bertz CT molecular complexity index is 715. The van der Waals surface area contributed by atoms with E-state index >= 15 is 0 Å². The summed E-state index contributed by atoms with van der Waals surface area (Å²) in [5.41, 5.74) is 9.73. The number of benzene rings is 1. The second-order valence-electron chi connectivity index (χ2n) is 7.04. The maximum absolute atomic E-state index is 6.05. The van der Waals surface area contributed by atoms with E-state index in [0.29, 0.717) is 23.9 Å². The summed E-state index contributed by atoms with van der Waals surface area (Å²) in [5.74, 6) is 1.64. The molecule has 2 aliphatic rings. The lowest BCUT2D eigenvalue weighted by Crippen LogP contribution is -2.26. The van der Waals surface area contributed by atoms with Gasteiger partial charge in [0.05, 0.1) is 5.69 Å². The van der Waals surface area contributed by atoms with Crippen LogP contribution in [0.25, 0.3) is 0 Å². The van der Waals surface area contributed by atoms with Crippen LogP contribution in [0.1, 0.15) is 48.9 Å². The third-order valence-corrected chi connectivity index (χ3v) is 5.20. The Balaban J connectivity index is 1.69. The molecule has 2 heterocycles. The zero-order valence-corrected chi connectivity index (χ0v) is 14.1. The van der Waals surface area contributed by atoms with Crippen molar-refractivity contribution in [3.05, 3.63) is 47.2 Å². The molecule has 1 fully saturated rings. The van der Waals surface area contributed by atoms with Gasteiger partial charge in [-0.3, -0.25) is 0 Å². The van der Waals surface area contributed by atoms with Gasteiger partial charge in [-0.25, -0.2) is 4.98 Å². The number of nitrogens with one attached hydrogen (secondary N) is 2. The topological polar surface area (TPSA) is 75.9 Å². The van der Waals surface area contributed by atoms with Crippen LogP contribution >= 0.6 is 0 Å². The van der Waals surface area contributed by atoms with Crippen LogP contribution in [-0.4, -0.2) is 28.6 Å². The molecule has 0 radical (unpaired) electrons. The molecule has 1 aliphatic heterocycles. The predicted molar refractivity (Wildman–Crippen MR) is 97.2 cm³/mol. The average molecular weight is 323 g/mol. The number of nitrogen functional groups attached to an aromatic ring is 1. The number of rotatable bonds is 3. The summed E-state index contributed by atoms with van der Waals surface area (Å²) in [6.45, 7) is 3.19. The fourth-order valence-electron chi connectivity index (χ4n) is 4.04. The van der Waals surface area contributed by atoms with Crippen LogP contribution < -0.4 is 16.4 Å². The van der Waals surface area contributed by atoms with Gasteiger partial charge in [0.1, 0.15) is 5.82 Å². The standard InChI is InChI=1S/C19H25N5/c1-12-10-14(11-21-12)22-18-16-9-5-8-15(13-6-3-2-4-7-13)17(16)23-19(20)24-18/h2-4,6-7,12,14-15,21H,5,8-11H2,1H3,(H3,20,22,23,24)/t12-,14-,15?/m1/s1. The SMILES string of the molecule is C[C@@H]1C[C@@H](Nc2nc(N)nc3c2CCCC3c2ccccc2)CN1. The van der Waals surface area contributed by atoms with Gasteiger partial charge in [-0.1, -0.05) is 30.3 Å². The number of hydrogen-bond acceptors (Lipinski definition) is 5. The van der Waals surface area contributed by atoms with Crippen molar-refractivity contribution in [3.8, 4) is 0 Å². The van der Waals surface area contributed by atoms with Gasteiger partial charge in [-0.05, 0) is 38.2 Å². The summed E-state index contributed by atoms with van der Waals surface area (Å²) in [6.07, 6.45) is 4.42. The molecule has 4 N–H and O–H groups in total. The Morgan fingerprint density at radius 1 is 1.21 bits per heavy atom. The van der Waals surface area contributed by atoms with Gasteiger partial charge in [0.2, 0.25) is 5.95 Å². The summed E-state index contributed by atoms with van der Waals surface area (Å²) in [4.78, 5) is 9.16. The Morgan fingerprint density at radius 2 is 2.04 bits per heavy atom. The van der Waals surface area contributed by atoms with E-state index in [1.54, 1.807) is 0 Å². The molecule has 1 aromatic carbocycles. The second-order valence-corrected chi connectivity index (χ2v) is 7.04. The molecule has 5 nitrogen and oxygen atoms in total. The highest BCUT2D eigenvalue weighted by atomic mass is 15.1. The minimum absolute atomic E-state index is 0.321. The molecule has 126 valence electrons. The summed E-state index contributed by atoms with van der Waals surface area (Å²) in [7, 11) is 0. The van der Waals surface area contributed by atoms with E-state index in [9.17, 15) is 0 Å². The monoisotopic (exact) mass is 323 g/mol. The molecule has 5 heteroatoms. The molecule has 3 atom stereocenters. The second kappa shape index (κ2) is 6.40. The third-order valence-electron chi connectivity index (χ3n) is 5.20. The molecule has 0 spiro atoms. The Kier molecular flexibility index (Phi) is 4.10. The van der Waals surface area contributed by atoms with Crippen molar-refractivity contribution in [1.82, 2.24) is 15.3 Å². The van der Waals surface area contributed by atoms with Crippen molar-refractivity contribution >= 4 is 11.8 Å². The smallest absolute Gasteiger partial charge is 0.222 e. The molecule has 4 rings (SSSR count). The highest BCUT2D eigenvalue weighted by Gasteiger charge is 2.28. The first kappa shape index (κ1) is 15.4. The van der Waals surface area contributed by atoms with Gasteiger partial charge in [0.15, 0.2) is 0 Å². The fourth-order valence-corrected chi connectivity index (χ4v) is 4.04. The van der Waals surface area contributed by atoms with Crippen molar-refractivity contribution in [3.63, 3.8) is 0 Å². The largest absolute Gasteiger partial charge is 0.368 e. The molecular formula is C19H25N5. The van der Waals surface area contributed by atoms with Crippen molar-refractivity contribution < 1.29 is 0 Å². The first-order valence-electron chi connectivity index (χ1n) is 8.92. The summed E-state index contributed by atoms with van der Waals surface area (Å²) in [6, 6.07) is 11.6. The fraction of sp³-hybridized carbons (Fsp3) is 0.474. The third kappa shape index (κ3) is 2.96. The van der Waals surface area contributed by atoms with E-state index < -0.39 is 0 Å². The summed E-state index contributed by atoms with van der Waals surface area (Å²) >= 11 is 0. The van der Waals surface area contributed by atoms with E-state index in [1.165, 1.54) is 11.1 Å². The maximum Gasteiger partial charge on any atom is 0.222 e. The Morgan fingerprint density at radius 3 is 2.79 bits per heavy atom. The number of hydrogen-bond donors (Lipinski definition) is 3. The normalized spacial score (nSPS) is 26.1. The van der Waals surface area contributed by atoms with Gasteiger partial charge in [-0.15, -0.1) is 0 Å². The highest BCUT2D eigenvalue weighted by molar-refractivity contribution is 5.54. The number of fused-ring (bicyclic) bond motifs is 1. The molecule has 1 unspecified atom stereocenters. The molecule has 1 saturated heterocycles. The molecule has 0 amide bonds. The lowest BCUT2D eigenvalue weighted by molar-refractivity contribution is 0.595. The predicted octanol–water partition coefficient (Wildman–Crippen LogP) is 2.69. The first-order chi connectivity index (χ1) is 11.7. The molecule has 0 saturated carbocycles. The van der Waals surface area contributed by atoms with Gasteiger partial charge in [0.25, 0.3) is 0 Å². The number of nitrogens with two attached hydrogens (primary N) is 1. The lowest BCUT2D eigenvalue weighted by atomic mass is 9.82. The van der Waals surface area contributed by atoms with Crippen LogP contribution in [0.3, 0.4) is 0 Å². The molecular weight excluding hydrogens is 298 g/mol. The first-order valence-corrected chi connectivity index (χ1v) is 8.92. The summed E-state index contributed by atoms with van der Waals surface area (Å²) < 4.78 is 0. The molecule has 24 heavy (non-hydrogen) atoms. The number of anilines is 2. The average Bonchev–Trinajstić information content (AvgIpc) is 3.00. The van der Waals surface area contributed by atoms with Crippen molar-refractivity contribution in [2.45, 2.75) is 50.6 Å². The van der Waals surface area contributed by atoms with E-state index in [2.05, 4.69) is 57.9 Å². The van der Waals surface area contributed by atoms with Gasteiger partial charge >= 0.3 is 0 Å². The van der Waals surface area contributed by atoms with Crippen LogP contribution in [0.15, 0.2) is 30.3 Å². The highest BCUT2D eigenvalue weighted by Crippen LogP contribution is 2.38. The van der Waals surface area contributed by atoms with Crippen molar-refractivity contribution in [1.29, 1.82) is 0 Å². The van der Waals surface area contributed by atoms with Crippen LogP contribution in [0, 0.1) is 0 Å². The molecule has 1 aromatic heterocycles. The van der Waals surface area contributed by atoms with Crippen LogP contribution in [0.5, 0.6) is 0 Å². The van der Waals surface area contributed by atoms with Crippen molar-refractivity contribution in [2.24, 2.45) is 0 Å². The molecule has 0 bridgehead atoms. The number of nitrogens with zero attached hydrogens (tertiary/aromatic N) is 2. The zero-order valence-electron chi connectivity index (χ0n) is 14.1. The van der Waals surface area contributed by atoms with Crippen LogP contribution in [0.2, 0.25) is 0 Å².